The van der Waals surface area contributed by atoms with E-state index in [1.807, 2.05) is 0 Å². The van der Waals surface area contributed by atoms with Crippen LogP contribution in [0.5, 0.6) is 0 Å². The summed E-state index contributed by atoms with van der Waals surface area (Å²) in [4.78, 5) is 37.4. The molecule has 0 amide bonds. The van der Waals surface area contributed by atoms with Crippen molar-refractivity contribution in [2.75, 3.05) is 6.61 Å². The Labute approximate surface area is 156 Å². The first-order valence-electron chi connectivity index (χ1n) is 9.72. The van der Waals surface area contributed by atoms with Crippen LogP contribution in [0.25, 0.3) is 10.8 Å². The number of carbonyl (C=O) groups excluding carboxylic acids is 2. The van der Waals surface area contributed by atoms with Gasteiger partial charge in [0.05, 0.1) is 5.39 Å². The van der Waals surface area contributed by atoms with E-state index in [9.17, 15) is 14.4 Å². The Kier molecular flexibility index (Phi) is 3.71. The Morgan fingerprint density at radius 2 is 1.63 bits per heavy atom. The largest absolute Gasteiger partial charge is 0.453 e. The molecule has 4 saturated carbocycles. The highest BCUT2D eigenvalue weighted by Gasteiger charge is 2.54. The van der Waals surface area contributed by atoms with Gasteiger partial charge in [0.2, 0.25) is 0 Å². The topological polar surface area (TPSA) is 89.1 Å². The molecule has 140 valence electrons. The van der Waals surface area contributed by atoms with Gasteiger partial charge in [-0.25, -0.2) is 9.89 Å². The molecule has 6 heteroatoms. The van der Waals surface area contributed by atoms with Gasteiger partial charge in [-0.1, -0.05) is 18.2 Å². The van der Waals surface area contributed by atoms with Crippen molar-refractivity contribution in [1.29, 1.82) is 0 Å². The summed E-state index contributed by atoms with van der Waals surface area (Å²) in [6.07, 6.45) is 6.65. The van der Waals surface area contributed by atoms with Gasteiger partial charge in [0, 0.05) is 10.8 Å². The van der Waals surface area contributed by atoms with Crippen LogP contribution < -0.4 is 5.56 Å². The highest BCUT2D eigenvalue weighted by atomic mass is 16.5. The van der Waals surface area contributed by atoms with E-state index in [1.54, 1.807) is 24.3 Å². The summed E-state index contributed by atoms with van der Waals surface area (Å²) in [6.45, 7) is -0.208. The first-order valence-corrected chi connectivity index (χ1v) is 9.72. The van der Waals surface area contributed by atoms with E-state index in [-0.39, 0.29) is 29.1 Å². The lowest BCUT2D eigenvalue weighted by atomic mass is 9.48. The van der Waals surface area contributed by atoms with Crippen molar-refractivity contribution in [3.8, 4) is 0 Å². The Balaban J connectivity index is 1.34. The number of benzene rings is 1. The molecule has 1 heterocycles. The molecule has 0 radical (unpaired) electrons. The lowest BCUT2D eigenvalue weighted by molar-refractivity contribution is -0.147. The molecule has 6 rings (SSSR count). The minimum Gasteiger partial charge on any atom is -0.453 e. The molecule has 0 saturated heterocycles. The average molecular weight is 366 g/mol. The molecule has 0 spiro atoms. The average Bonchev–Trinajstić information content (AvgIpc) is 2.65. The van der Waals surface area contributed by atoms with Crippen LogP contribution in [-0.2, 0) is 9.53 Å². The molecular weight excluding hydrogens is 344 g/mol. The number of carbonyl (C=O) groups is 2. The van der Waals surface area contributed by atoms with E-state index < -0.39 is 5.97 Å². The molecule has 27 heavy (non-hydrogen) atoms. The number of H-pyrrole nitrogens is 1. The third-order valence-electron chi connectivity index (χ3n) is 6.85. The molecule has 6 nitrogen and oxygen atoms in total. The fourth-order valence-electron chi connectivity index (χ4n) is 6.08. The number of esters is 1. The number of ketones is 1. The molecule has 0 unspecified atom stereocenters. The third kappa shape index (κ3) is 2.69. The summed E-state index contributed by atoms with van der Waals surface area (Å²) < 4.78 is 5.35. The first kappa shape index (κ1) is 16.7. The molecule has 4 fully saturated rings. The van der Waals surface area contributed by atoms with Crippen molar-refractivity contribution in [3.63, 3.8) is 0 Å². The van der Waals surface area contributed by atoms with Crippen molar-refractivity contribution in [3.05, 3.63) is 40.3 Å². The quantitative estimate of drug-likeness (QED) is 0.841. The normalized spacial score (nSPS) is 31.2. The smallest absolute Gasteiger partial charge is 0.359 e. The third-order valence-corrected chi connectivity index (χ3v) is 6.85. The predicted molar refractivity (Wildman–Crippen MR) is 98.3 cm³/mol. The second kappa shape index (κ2) is 6.01. The molecule has 2 aromatic rings. The number of rotatable bonds is 4. The standard InChI is InChI=1S/C21H22N2O4/c24-17(21-8-12-5-13(9-21)7-14(6-12)10-21)11-27-20(26)18-15-3-1-2-4-16(15)19(25)23-22-18/h1-4,12-14H,5-11H2,(H,23,25). The summed E-state index contributed by atoms with van der Waals surface area (Å²) in [7, 11) is 0. The molecule has 0 atom stereocenters. The van der Waals surface area contributed by atoms with E-state index in [4.69, 9.17) is 4.74 Å². The number of ether oxygens (including phenoxy) is 1. The Morgan fingerprint density at radius 3 is 2.26 bits per heavy atom. The van der Waals surface area contributed by atoms with Gasteiger partial charge in [0.25, 0.3) is 5.56 Å². The van der Waals surface area contributed by atoms with Gasteiger partial charge in [-0.05, 0) is 62.3 Å². The van der Waals surface area contributed by atoms with Gasteiger partial charge in [0.15, 0.2) is 18.1 Å². The molecule has 4 bridgehead atoms. The summed E-state index contributed by atoms with van der Waals surface area (Å²) in [5.41, 5.74) is -0.592. The molecule has 4 aliphatic rings. The van der Waals surface area contributed by atoms with E-state index in [0.717, 1.165) is 19.3 Å². The van der Waals surface area contributed by atoms with Crippen molar-refractivity contribution < 1.29 is 14.3 Å². The van der Waals surface area contributed by atoms with Crippen LogP contribution in [0.2, 0.25) is 0 Å². The van der Waals surface area contributed by atoms with Gasteiger partial charge in [-0.15, -0.1) is 0 Å². The SMILES string of the molecule is O=C(OCC(=O)C12CC3CC(CC(C3)C1)C2)c1n[nH]c(=O)c2ccccc12. The fraction of sp³-hybridized carbons (Fsp3) is 0.524. The zero-order valence-electron chi connectivity index (χ0n) is 15.1. The molecule has 4 aliphatic carbocycles. The number of nitrogens with zero attached hydrogens (tertiary/aromatic N) is 1. The van der Waals surface area contributed by atoms with Crippen molar-refractivity contribution in [2.24, 2.45) is 23.2 Å². The zero-order valence-corrected chi connectivity index (χ0v) is 15.1. The first-order chi connectivity index (χ1) is 13.0. The second-order valence-corrected chi connectivity index (χ2v) is 8.64. The maximum atomic E-state index is 13.0. The van der Waals surface area contributed by atoms with Gasteiger partial charge >= 0.3 is 5.97 Å². The minimum atomic E-state index is -0.666. The van der Waals surface area contributed by atoms with E-state index >= 15 is 0 Å². The number of fused-ring (bicyclic) bond motifs is 1. The van der Waals surface area contributed by atoms with Crippen LogP contribution in [0.3, 0.4) is 0 Å². The fourth-order valence-corrected chi connectivity index (χ4v) is 6.08. The van der Waals surface area contributed by atoms with E-state index in [2.05, 4.69) is 10.2 Å². The van der Waals surface area contributed by atoms with Crippen molar-refractivity contribution >= 4 is 22.5 Å². The van der Waals surface area contributed by atoms with Crippen LogP contribution in [0.15, 0.2) is 29.1 Å². The molecular formula is C21H22N2O4. The van der Waals surface area contributed by atoms with E-state index in [0.29, 0.717) is 28.5 Å². The number of aromatic nitrogens is 2. The summed E-state index contributed by atoms with van der Waals surface area (Å²) in [6, 6.07) is 6.76. The van der Waals surface area contributed by atoms with Crippen molar-refractivity contribution in [2.45, 2.75) is 38.5 Å². The Bertz CT molecular complexity index is 958. The number of hydrogen-bond acceptors (Lipinski definition) is 5. The van der Waals surface area contributed by atoms with Gasteiger partial charge in [-0.2, -0.15) is 5.10 Å². The summed E-state index contributed by atoms with van der Waals surface area (Å²) in [5, 5.41) is 7.00. The number of Topliss-reactive ketones (excluding diaryl/α,β-unsaturated/α-hetero) is 1. The van der Waals surface area contributed by atoms with Crippen LogP contribution >= 0.6 is 0 Å². The number of nitrogens with one attached hydrogen (secondary N) is 1. The number of aromatic amines is 1. The summed E-state index contributed by atoms with van der Waals surface area (Å²) in [5.74, 6) is 1.39. The molecule has 1 N–H and O–H groups in total. The molecule has 1 aromatic heterocycles. The molecule has 0 aliphatic heterocycles. The van der Waals surface area contributed by atoms with Crippen LogP contribution in [0.4, 0.5) is 0 Å². The molecule has 1 aromatic carbocycles. The van der Waals surface area contributed by atoms with E-state index in [1.165, 1.54) is 19.3 Å². The maximum absolute atomic E-state index is 13.0. The Hall–Kier alpha value is -2.50. The van der Waals surface area contributed by atoms with Gasteiger partial charge in [0.1, 0.15) is 0 Å². The highest BCUT2D eigenvalue weighted by Crippen LogP contribution is 2.60. The van der Waals surface area contributed by atoms with Crippen LogP contribution in [0.1, 0.15) is 49.0 Å². The second-order valence-electron chi connectivity index (χ2n) is 8.64. The van der Waals surface area contributed by atoms with Crippen LogP contribution in [-0.4, -0.2) is 28.6 Å². The minimum absolute atomic E-state index is 0.0449. The lowest BCUT2D eigenvalue weighted by Crippen LogP contribution is -2.51. The van der Waals surface area contributed by atoms with Gasteiger partial charge in [-0.3, -0.25) is 9.59 Å². The Morgan fingerprint density at radius 1 is 1.04 bits per heavy atom. The summed E-state index contributed by atoms with van der Waals surface area (Å²) >= 11 is 0. The van der Waals surface area contributed by atoms with Gasteiger partial charge < -0.3 is 4.74 Å². The highest BCUT2D eigenvalue weighted by molar-refractivity contribution is 6.02. The van der Waals surface area contributed by atoms with Crippen molar-refractivity contribution in [1.82, 2.24) is 10.2 Å². The maximum Gasteiger partial charge on any atom is 0.359 e. The predicted octanol–water partition coefficient (Wildman–Crippen LogP) is 2.87. The lowest BCUT2D eigenvalue weighted by Gasteiger charge is -2.55. The number of hydrogen-bond donors (Lipinski definition) is 1. The zero-order chi connectivity index (χ0) is 18.6. The monoisotopic (exact) mass is 366 g/mol. The van der Waals surface area contributed by atoms with Crippen LogP contribution in [0, 0.1) is 23.2 Å².